The Morgan fingerprint density at radius 3 is 2.25 bits per heavy atom. The van der Waals surface area contributed by atoms with Crippen molar-refractivity contribution >= 4 is 17.4 Å². The molecule has 1 fully saturated rings. The van der Waals surface area contributed by atoms with Gasteiger partial charge in [0.05, 0.1) is 11.4 Å². The van der Waals surface area contributed by atoms with Crippen LogP contribution >= 0.6 is 0 Å². The van der Waals surface area contributed by atoms with Crippen molar-refractivity contribution in [2.24, 2.45) is 0 Å². The zero-order chi connectivity index (χ0) is 19.9. The first-order valence-corrected chi connectivity index (χ1v) is 10.3. The summed E-state index contributed by atoms with van der Waals surface area (Å²) in [7, 11) is 1.84. The lowest BCUT2D eigenvalue weighted by molar-refractivity contribution is 0.220. The van der Waals surface area contributed by atoms with Crippen molar-refractivity contribution in [2.75, 3.05) is 50.0 Å². The van der Waals surface area contributed by atoms with E-state index in [1.165, 1.54) is 5.56 Å². The number of para-hydroxylation sites is 2. The fraction of sp³-hybridized carbons (Fsp3) is 0.435. The smallest absolute Gasteiger partial charge is 0.321 e. The summed E-state index contributed by atoms with van der Waals surface area (Å²) >= 11 is 0. The lowest BCUT2D eigenvalue weighted by Crippen LogP contribution is -2.46. The third kappa shape index (κ3) is 5.04. The number of carbonyl (C=O) groups excluding carboxylic acids is 1. The molecule has 0 atom stereocenters. The number of amides is 2. The number of hydrogen-bond acceptors (Lipinski definition) is 3. The number of piperazine rings is 1. The topological polar surface area (TPSA) is 38.8 Å². The normalized spacial score (nSPS) is 14.8. The van der Waals surface area contributed by atoms with Gasteiger partial charge in [-0.15, -0.1) is 0 Å². The van der Waals surface area contributed by atoms with E-state index in [1.54, 1.807) is 4.90 Å². The van der Waals surface area contributed by atoms with Gasteiger partial charge < -0.3 is 20.0 Å². The van der Waals surface area contributed by atoms with Gasteiger partial charge in [-0.05, 0) is 36.2 Å². The van der Waals surface area contributed by atoms with Crippen LogP contribution in [0.1, 0.15) is 25.0 Å². The minimum atomic E-state index is -0.0841. The van der Waals surface area contributed by atoms with E-state index < -0.39 is 0 Å². The van der Waals surface area contributed by atoms with Gasteiger partial charge in [-0.3, -0.25) is 0 Å². The van der Waals surface area contributed by atoms with Crippen molar-refractivity contribution in [3.05, 3.63) is 59.7 Å². The first kappa shape index (κ1) is 20.2. The van der Waals surface area contributed by atoms with Crippen molar-refractivity contribution in [2.45, 2.75) is 26.8 Å². The van der Waals surface area contributed by atoms with Crippen LogP contribution in [0.15, 0.2) is 48.5 Å². The first-order chi connectivity index (χ1) is 13.6. The van der Waals surface area contributed by atoms with Crippen LogP contribution in [0.25, 0.3) is 0 Å². The number of nitrogens with one attached hydrogen (secondary N) is 1. The molecule has 0 radical (unpaired) electrons. The van der Waals surface area contributed by atoms with Gasteiger partial charge in [-0.25, -0.2) is 4.79 Å². The van der Waals surface area contributed by atoms with Gasteiger partial charge in [0, 0.05) is 39.8 Å². The Kier molecular flexibility index (Phi) is 6.93. The maximum absolute atomic E-state index is 12.8. The highest BCUT2D eigenvalue weighted by molar-refractivity contribution is 5.93. The first-order valence-electron chi connectivity index (χ1n) is 10.3. The summed E-state index contributed by atoms with van der Waals surface area (Å²) in [6.45, 7) is 10.1. The average Bonchev–Trinajstić information content (AvgIpc) is 2.74. The van der Waals surface area contributed by atoms with E-state index in [0.29, 0.717) is 6.54 Å². The standard InChI is InChI=1S/C23H32N4O/c1-4-19-10-12-20(13-11-19)18-25(3)23(28)24-21-8-6-7-9-22(21)27-16-14-26(5-2)15-17-27/h6-13H,4-5,14-18H2,1-3H3,(H,24,28). The Balaban J connectivity index is 1.63. The number of rotatable bonds is 6. The van der Waals surface area contributed by atoms with E-state index >= 15 is 0 Å². The Labute approximate surface area is 168 Å². The summed E-state index contributed by atoms with van der Waals surface area (Å²) in [5.41, 5.74) is 4.43. The summed E-state index contributed by atoms with van der Waals surface area (Å²) in [4.78, 5) is 19.3. The molecule has 2 aromatic rings. The molecule has 1 aliphatic rings. The van der Waals surface area contributed by atoms with Crippen LogP contribution in [0.2, 0.25) is 0 Å². The molecule has 0 spiro atoms. The molecular formula is C23H32N4O. The van der Waals surface area contributed by atoms with Crippen LogP contribution in [0.4, 0.5) is 16.2 Å². The quantitative estimate of drug-likeness (QED) is 0.822. The zero-order valence-electron chi connectivity index (χ0n) is 17.3. The largest absolute Gasteiger partial charge is 0.367 e. The minimum Gasteiger partial charge on any atom is -0.367 e. The number of hydrogen-bond donors (Lipinski definition) is 1. The molecule has 2 amide bonds. The summed E-state index contributed by atoms with van der Waals surface area (Å²) in [5.74, 6) is 0. The van der Waals surface area contributed by atoms with Crippen LogP contribution in [0.3, 0.4) is 0 Å². The second-order valence-electron chi connectivity index (χ2n) is 7.39. The molecule has 1 N–H and O–H groups in total. The predicted molar refractivity (Wildman–Crippen MR) is 117 cm³/mol. The van der Waals surface area contributed by atoms with Gasteiger partial charge in [0.15, 0.2) is 0 Å². The molecule has 28 heavy (non-hydrogen) atoms. The van der Waals surface area contributed by atoms with Gasteiger partial charge >= 0.3 is 6.03 Å². The molecule has 5 nitrogen and oxygen atoms in total. The van der Waals surface area contributed by atoms with Gasteiger partial charge in [0.25, 0.3) is 0 Å². The fourth-order valence-corrected chi connectivity index (χ4v) is 3.60. The maximum Gasteiger partial charge on any atom is 0.321 e. The third-order valence-corrected chi connectivity index (χ3v) is 5.50. The van der Waals surface area contributed by atoms with Crippen LogP contribution < -0.4 is 10.2 Å². The lowest BCUT2D eigenvalue weighted by Gasteiger charge is -2.36. The van der Waals surface area contributed by atoms with Crippen molar-refractivity contribution in [3.63, 3.8) is 0 Å². The molecule has 0 unspecified atom stereocenters. The molecule has 1 saturated heterocycles. The second kappa shape index (κ2) is 9.60. The SMILES string of the molecule is CCc1ccc(CN(C)C(=O)Nc2ccccc2N2CCN(CC)CC2)cc1. The highest BCUT2D eigenvalue weighted by Gasteiger charge is 2.19. The van der Waals surface area contributed by atoms with Crippen LogP contribution in [0.5, 0.6) is 0 Å². The van der Waals surface area contributed by atoms with Crippen molar-refractivity contribution in [3.8, 4) is 0 Å². The van der Waals surface area contributed by atoms with Gasteiger partial charge in [0.1, 0.15) is 0 Å². The summed E-state index contributed by atoms with van der Waals surface area (Å²) in [5, 5.41) is 3.11. The van der Waals surface area contributed by atoms with E-state index in [0.717, 1.165) is 56.1 Å². The number of nitrogens with zero attached hydrogens (tertiary/aromatic N) is 3. The zero-order valence-corrected chi connectivity index (χ0v) is 17.3. The molecule has 5 heteroatoms. The molecule has 0 aliphatic carbocycles. The number of aryl methyl sites for hydroxylation is 1. The van der Waals surface area contributed by atoms with E-state index in [1.807, 2.05) is 25.2 Å². The van der Waals surface area contributed by atoms with Crippen LogP contribution in [-0.4, -0.2) is 55.6 Å². The highest BCUT2D eigenvalue weighted by Crippen LogP contribution is 2.27. The summed E-state index contributed by atoms with van der Waals surface area (Å²) < 4.78 is 0. The Morgan fingerprint density at radius 1 is 0.964 bits per heavy atom. The minimum absolute atomic E-state index is 0.0841. The van der Waals surface area contributed by atoms with Crippen molar-refractivity contribution in [1.82, 2.24) is 9.80 Å². The Hall–Kier alpha value is -2.53. The summed E-state index contributed by atoms with van der Waals surface area (Å²) in [6, 6.07) is 16.5. The number of urea groups is 1. The molecule has 1 aliphatic heterocycles. The van der Waals surface area contributed by atoms with Gasteiger partial charge in [0.2, 0.25) is 0 Å². The van der Waals surface area contributed by atoms with Gasteiger partial charge in [-0.2, -0.15) is 0 Å². The fourth-order valence-electron chi connectivity index (χ4n) is 3.60. The molecule has 0 aromatic heterocycles. The average molecular weight is 381 g/mol. The number of carbonyl (C=O) groups is 1. The molecule has 0 bridgehead atoms. The monoisotopic (exact) mass is 380 g/mol. The lowest BCUT2D eigenvalue weighted by atomic mass is 10.1. The van der Waals surface area contributed by atoms with Crippen molar-refractivity contribution in [1.29, 1.82) is 0 Å². The third-order valence-electron chi connectivity index (χ3n) is 5.50. The number of anilines is 2. The Bertz CT molecular complexity index is 766. The van der Waals surface area contributed by atoms with Gasteiger partial charge in [-0.1, -0.05) is 50.2 Å². The predicted octanol–water partition coefficient (Wildman–Crippen LogP) is 4.05. The van der Waals surface area contributed by atoms with E-state index in [2.05, 4.69) is 59.3 Å². The Morgan fingerprint density at radius 2 is 1.61 bits per heavy atom. The molecular weight excluding hydrogens is 348 g/mol. The molecule has 1 heterocycles. The van der Waals surface area contributed by atoms with Crippen LogP contribution in [-0.2, 0) is 13.0 Å². The second-order valence-corrected chi connectivity index (χ2v) is 7.39. The highest BCUT2D eigenvalue weighted by atomic mass is 16.2. The summed E-state index contributed by atoms with van der Waals surface area (Å²) in [6.07, 6.45) is 1.03. The molecule has 150 valence electrons. The molecule has 0 saturated carbocycles. The molecule has 3 rings (SSSR count). The van der Waals surface area contributed by atoms with E-state index in [-0.39, 0.29) is 6.03 Å². The number of likely N-dealkylation sites (N-methyl/N-ethyl adjacent to an activating group) is 1. The van der Waals surface area contributed by atoms with Crippen molar-refractivity contribution < 1.29 is 4.79 Å². The molecule has 2 aromatic carbocycles. The number of benzene rings is 2. The van der Waals surface area contributed by atoms with E-state index in [4.69, 9.17) is 0 Å². The maximum atomic E-state index is 12.8. The van der Waals surface area contributed by atoms with E-state index in [9.17, 15) is 4.79 Å². The van der Waals surface area contributed by atoms with Crippen LogP contribution in [0, 0.1) is 0 Å².